The number of ether oxygens (including phenoxy) is 4. The molecule has 208 valence electrons. The third kappa shape index (κ3) is 5.93. The number of esters is 1. The van der Waals surface area contributed by atoms with Crippen LogP contribution >= 0.6 is 0 Å². The summed E-state index contributed by atoms with van der Waals surface area (Å²) in [6.07, 6.45) is 4.63. The standard InChI is InChI=1S/C31H33N3O6/c1-5-38-28(35)17-23-11-10-22-16-24(12-13-25(22)23)39-15-14-27-19(2)40-29(33-27)21-8-6-20(7-9-21)26-18-32-31(37-4)34-30(26)36-3/h6-9,12-13,16,18,23H,5,10-11,14-15,17H2,1-4H3/t23-/m0/s1. The quantitative estimate of drug-likeness (QED) is 0.219. The molecule has 1 aliphatic rings. The molecule has 2 aromatic heterocycles. The second-order valence-electron chi connectivity index (χ2n) is 9.58. The van der Waals surface area contributed by atoms with Gasteiger partial charge in [-0.25, -0.2) is 9.97 Å². The Hall–Kier alpha value is -4.40. The number of oxazole rings is 1. The fraction of sp³-hybridized carbons (Fsp3) is 0.355. The minimum atomic E-state index is -0.133. The van der Waals surface area contributed by atoms with Gasteiger partial charge in [-0.1, -0.05) is 18.2 Å². The van der Waals surface area contributed by atoms with Crippen LogP contribution in [0.5, 0.6) is 17.6 Å². The molecular formula is C31H33N3O6. The number of fused-ring (bicyclic) bond motifs is 1. The summed E-state index contributed by atoms with van der Waals surface area (Å²) in [5.74, 6) is 2.68. The maximum absolute atomic E-state index is 11.9. The summed E-state index contributed by atoms with van der Waals surface area (Å²) in [6, 6.07) is 14.2. The van der Waals surface area contributed by atoms with Gasteiger partial charge in [0.15, 0.2) is 0 Å². The molecule has 4 aromatic rings. The lowest BCUT2D eigenvalue weighted by molar-refractivity contribution is -0.143. The van der Waals surface area contributed by atoms with Crippen molar-refractivity contribution in [1.29, 1.82) is 0 Å². The van der Waals surface area contributed by atoms with Crippen molar-refractivity contribution in [2.24, 2.45) is 0 Å². The van der Waals surface area contributed by atoms with Crippen LogP contribution < -0.4 is 14.2 Å². The van der Waals surface area contributed by atoms with Gasteiger partial charge in [-0.15, -0.1) is 0 Å². The maximum atomic E-state index is 11.9. The number of hydrogen-bond acceptors (Lipinski definition) is 9. The number of carbonyl (C=O) groups is 1. The number of carbonyl (C=O) groups excluding carboxylic acids is 1. The Labute approximate surface area is 233 Å². The van der Waals surface area contributed by atoms with Crippen molar-refractivity contribution < 1.29 is 28.2 Å². The molecule has 2 aromatic carbocycles. The molecule has 9 nitrogen and oxygen atoms in total. The number of rotatable bonds is 11. The number of benzene rings is 2. The smallest absolute Gasteiger partial charge is 0.319 e. The Morgan fingerprint density at radius 2 is 1.85 bits per heavy atom. The minimum Gasteiger partial charge on any atom is -0.493 e. The highest BCUT2D eigenvalue weighted by atomic mass is 16.5. The van der Waals surface area contributed by atoms with E-state index in [0.29, 0.717) is 37.8 Å². The second kappa shape index (κ2) is 12.2. The first kappa shape index (κ1) is 27.2. The minimum absolute atomic E-state index is 0.133. The first-order valence-corrected chi connectivity index (χ1v) is 13.4. The van der Waals surface area contributed by atoms with Crippen LogP contribution in [-0.2, 0) is 22.4 Å². The van der Waals surface area contributed by atoms with Crippen molar-refractivity contribution in [3.63, 3.8) is 0 Å². The van der Waals surface area contributed by atoms with E-state index in [2.05, 4.69) is 22.1 Å². The van der Waals surface area contributed by atoms with Crippen LogP contribution in [0.15, 0.2) is 53.1 Å². The molecule has 1 aliphatic carbocycles. The van der Waals surface area contributed by atoms with Gasteiger partial charge in [0.05, 0.1) is 45.1 Å². The zero-order valence-corrected chi connectivity index (χ0v) is 23.2. The summed E-state index contributed by atoms with van der Waals surface area (Å²) in [6.45, 7) is 4.65. The number of methoxy groups -OCH3 is 2. The summed E-state index contributed by atoms with van der Waals surface area (Å²) in [4.78, 5) is 25.1. The van der Waals surface area contributed by atoms with Crippen molar-refractivity contribution in [1.82, 2.24) is 15.0 Å². The topological polar surface area (TPSA) is 106 Å². The van der Waals surface area contributed by atoms with Crippen molar-refractivity contribution in [3.8, 4) is 40.2 Å². The lowest BCUT2D eigenvalue weighted by Gasteiger charge is -2.12. The van der Waals surface area contributed by atoms with E-state index < -0.39 is 0 Å². The largest absolute Gasteiger partial charge is 0.493 e. The molecule has 0 saturated heterocycles. The van der Waals surface area contributed by atoms with E-state index in [0.717, 1.165) is 46.7 Å². The van der Waals surface area contributed by atoms with Gasteiger partial charge in [0, 0.05) is 18.2 Å². The van der Waals surface area contributed by atoms with Crippen LogP contribution in [0, 0.1) is 6.92 Å². The third-order valence-corrected chi connectivity index (χ3v) is 7.09. The summed E-state index contributed by atoms with van der Waals surface area (Å²) in [5, 5.41) is 0. The van der Waals surface area contributed by atoms with E-state index in [1.54, 1.807) is 13.3 Å². The molecular weight excluding hydrogens is 510 g/mol. The maximum Gasteiger partial charge on any atom is 0.319 e. The van der Waals surface area contributed by atoms with Gasteiger partial charge in [-0.05, 0) is 73.6 Å². The average Bonchev–Trinajstić information content (AvgIpc) is 3.55. The van der Waals surface area contributed by atoms with Crippen molar-refractivity contribution in [3.05, 3.63) is 71.2 Å². The molecule has 0 aliphatic heterocycles. The Morgan fingerprint density at radius 3 is 2.60 bits per heavy atom. The number of aryl methyl sites for hydroxylation is 2. The van der Waals surface area contributed by atoms with Gasteiger partial charge in [-0.2, -0.15) is 4.98 Å². The SMILES string of the molecule is CCOC(=O)C[C@@H]1CCc2cc(OCCc3nc(-c4ccc(-c5cnc(OC)nc5OC)cc4)oc3C)ccc21. The fourth-order valence-corrected chi connectivity index (χ4v) is 5.05. The lowest BCUT2D eigenvalue weighted by Crippen LogP contribution is -2.08. The molecule has 0 bridgehead atoms. The number of hydrogen-bond donors (Lipinski definition) is 0. The van der Waals surface area contributed by atoms with Gasteiger partial charge in [0.25, 0.3) is 0 Å². The number of aromatic nitrogens is 3. The molecule has 1 atom stereocenters. The van der Waals surface area contributed by atoms with Crippen LogP contribution in [0.25, 0.3) is 22.6 Å². The molecule has 0 unspecified atom stereocenters. The predicted molar refractivity (Wildman–Crippen MR) is 149 cm³/mol. The second-order valence-corrected chi connectivity index (χ2v) is 9.58. The molecule has 40 heavy (non-hydrogen) atoms. The molecule has 5 rings (SSSR count). The van der Waals surface area contributed by atoms with Crippen LogP contribution in [0.3, 0.4) is 0 Å². The van der Waals surface area contributed by atoms with Crippen molar-refractivity contribution >= 4 is 5.97 Å². The first-order chi connectivity index (χ1) is 19.5. The van der Waals surface area contributed by atoms with E-state index in [9.17, 15) is 4.79 Å². The van der Waals surface area contributed by atoms with Crippen LogP contribution in [-0.4, -0.2) is 48.4 Å². The summed E-state index contributed by atoms with van der Waals surface area (Å²) in [5.41, 5.74) is 5.86. The molecule has 0 fully saturated rings. The average molecular weight is 544 g/mol. The summed E-state index contributed by atoms with van der Waals surface area (Å²) >= 11 is 0. The molecule has 0 radical (unpaired) electrons. The first-order valence-electron chi connectivity index (χ1n) is 13.4. The van der Waals surface area contributed by atoms with Gasteiger partial charge in [0.2, 0.25) is 11.8 Å². The van der Waals surface area contributed by atoms with Crippen LogP contribution in [0.2, 0.25) is 0 Å². The summed E-state index contributed by atoms with van der Waals surface area (Å²) in [7, 11) is 3.08. The lowest BCUT2D eigenvalue weighted by atomic mass is 9.98. The highest BCUT2D eigenvalue weighted by Gasteiger charge is 2.25. The normalized spacial score (nSPS) is 14.1. The third-order valence-electron chi connectivity index (χ3n) is 7.09. The molecule has 9 heteroatoms. The van der Waals surface area contributed by atoms with Crippen molar-refractivity contribution in [2.45, 2.75) is 45.4 Å². The van der Waals surface area contributed by atoms with Crippen LogP contribution in [0.1, 0.15) is 48.3 Å². The number of nitrogens with zero attached hydrogens (tertiary/aromatic N) is 3. The zero-order valence-electron chi connectivity index (χ0n) is 23.2. The van der Waals surface area contributed by atoms with Gasteiger partial charge in [-0.3, -0.25) is 4.79 Å². The molecule has 0 saturated carbocycles. The van der Waals surface area contributed by atoms with E-state index in [1.165, 1.54) is 18.2 Å². The fourth-order valence-electron chi connectivity index (χ4n) is 5.05. The monoisotopic (exact) mass is 543 g/mol. The zero-order chi connectivity index (χ0) is 28.1. The molecule has 0 N–H and O–H groups in total. The molecule has 0 spiro atoms. The predicted octanol–water partition coefficient (Wildman–Crippen LogP) is 5.73. The van der Waals surface area contributed by atoms with Crippen LogP contribution in [0.4, 0.5) is 0 Å². The van der Waals surface area contributed by atoms with E-state index in [-0.39, 0.29) is 17.9 Å². The highest BCUT2D eigenvalue weighted by Crippen LogP contribution is 2.37. The Morgan fingerprint density at radius 1 is 1.05 bits per heavy atom. The highest BCUT2D eigenvalue weighted by molar-refractivity contribution is 5.71. The van der Waals surface area contributed by atoms with E-state index in [1.807, 2.05) is 44.2 Å². The van der Waals surface area contributed by atoms with E-state index >= 15 is 0 Å². The summed E-state index contributed by atoms with van der Waals surface area (Å²) < 4.78 is 27.6. The van der Waals surface area contributed by atoms with Gasteiger partial charge < -0.3 is 23.4 Å². The Kier molecular flexibility index (Phi) is 8.28. The van der Waals surface area contributed by atoms with Gasteiger partial charge in [0.1, 0.15) is 11.5 Å². The molecule has 0 amide bonds. The van der Waals surface area contributed by atoms with E-state index in [4.69, 9.17) is 28.3 Å². The Bertz CT molecular complexity index is 1480. The molecule has 2 heterocycles. The van der Waals surface area contributed by atoms with Crippen molar-refractivity contribution in [2.75, 3.05) is 27.4 Å². The van der Waals surface area contributed by atoms with Gasteiger partial charge >= 0.3 is 12.0 Å². The Balaban J connectivity index is 1.20.